The molecule has 2 aliphatic carbocycles. The highest BCUT2D eigenvalue weighted by molar-refractivity contribution is 5.08. The molecule has 0 aromatic heterocycles. The third kappa shape index (κ3) is 1.15. The minimum atomic E-state index is 0.295. The van der Waals surface area contributed by atoms with Gasteiger partial charge in [-0.05, 0) is 24.7 Å². The van der Waals surface area contributed by atoms with E-state index in [9.17, 15) is 0 Å². The minimum Gasteiger partial charge on any atom is -0.327 e. The van der Waals surface area contributed by atoms with Crippen LogP contribution in [0.4, 0.5) is 0 Å². The molecule has 0 heterocycles. The molecule has 0 amide bonds. The van der Waals surface area contributed by atoms with Crippen molar-refractivity contribution in [3.8, 4) is 12.3 Å². The average Bonchev–Trinajstić information content (AvgIpc) is 2.40. The van der Waals surface area contributed by atoms with E-state index in [2.05, 4.69) is 5.92 Å². The number of rotatable bonds is 0. The highest BCUT2D eigenvalue weighted by Gasteiger charge is 2.41. The van der Waals surface area contributed by atoms with Crippen LogP contribution in [0.15, 0.2) is 0 Å². The summed E-state index contributed by atoms with van der Waals surface area (Å²) in [5, 5.41) is 0. The molecule has 2 N–H and O–H groups in total. The Morgan fingerprint density at radius 3 is 2.75 bits per heavy atom. The molecule has 66 valence electrons. The first-order valence-corrected chi connectivity index (χ1v) is 5.04. The summed E-state index contributed by atoms with van der Waals surface area (Å²) in [5.74, 6) is 4.89. The number of fused-ring (bicyclic) bond motifs is 1. The van der Waals surface area contributed by atoms with Crippen molar-refractivity contribution in [2.75, 3.05) is 0 Å². The first kappa shape index (κ1) is 8.13. The fourth-order valence-electron chi connectivity index (χ4n) is 3.06. The van der Waals surface area contributed by atoms with Crippen LogP contribution in [-0.2, 0) is 0 Å². The minimum absolute atomic E-state index is 0.295. The van der Waals surface area contributed by atoms with Gasteiger partial charge in [-0.3, -0.25) is 0 Å². The maximum atomic E-state index is 6.01. The van der Waals surface area contributed by atoms with E-state index in [1.165, 1.54) is 32.1 Å². The van der Waals surface area contributed by atoms with E-state index in [4.69, 9.17) is 12.2 Å². The molecule has 0 saturated heterocycles. The number of hydrogen-bond acceptors (Lipinski definition) is 1. The molecular weight excluding hydrogens is 146 g/mol. The monoisotopic (exact) mass is 163 g/mol. The summed E-state index contributed by atoms with van der Waals surface area (Å²) in [5.41, 5.74) is 6.01. The second kappa shape index (κ2) is 3.11. The third-order valence-corrected chi connectivity index (χ3v) is 3.66. The van der Waals surface area contributed by atoms with E-state index in [-0.39, 0.29) is 0 Å². The van der Waals surface area contributed by atoms with Gasteiger partial charge in [0.05, 0.1) is 0 Å². The van der Waals surface area contributed by atoms with Crippen LogP contribution in [0, 0.1) is 30.1 Å². The summed E-state index contributed by atoms with van der Waals surface area (Å²) in [6, 6.07) is 0.295. The predicted octanol–water partition coefficient (Wildman–Crippen LogP) is 1.77. The number of hydrogen-bond donors (Lipinski definition) is 1. The van der Waals surface area contributed by atoms with Crippen molar-refractivity contribution >= 4 is 0 Å². The Hall–Kier alpha value is -0.480. The smallest absolute Gasteiger partial charge is 0.0382 e. The predicted molar refractivity (Wildman–Crippen MR) is 50.4 cm³/mol. The van der Waals surface area contributed by atoms with Gasteiger partial charge in [-0.1, -0.05) is 19.3 Å². The van der Waals surface area contributed by atoms with E-state index >= 15 is 0 Å². The maximum absolute atomic E-state index is 6.01. The highest BCUT2D eigenvalue weighted by atomic mass is 14.7. The van der Waals surface area contributed by atoms with Gasteiger partial charge in [0.1, 0.15) is 0 Å². The zero-order valence-electron chi connectivity index (χ0n) is 7.50. The van der Waals surface area contributed by atoms with Gasteiger partial charge < -0.3 is 5.73 Å². The molecule has 0 aromatic rings. The molecule has 1 heteroatoms. The van der Waals surface area contributed by atoms with E-state index in [0.717, 1.165) is 11.8 Å². The molecule has 2 saturated carbocycles. The van der Waals surface area contributed by atoms with Crippen LogP contribution < -0.4 is 5.73 Å². The van der Waals surface area contributed by atoms with Crippen molar-refractivity contribution in [3.05, 3.63) is 0 Å². The SMILES string of the molecule is C#C[C@@H]1[C@H]2CCCC[C@@H]2C[C@@H]1N. The lowest BCUT2D eigenvalue weighted by Crippen LogP contribution is -2.26. The summed E-state index contributed by atoms with van der Waals surface area (Å²) in [4.78, 5) is 0. The molecule has 12 heavy (non-hydrogen) atoms. The topological polar surface area (TPSA) is 26.0 Å². The second-order valence-corrected chi connectivity index (χ2v) is 4.30. The molecule has 2 aliphatic rings. The first-order chi connectivity index (χ1) is 5.83. The fraction of sp³-hybridized carbons (Fsp3) is 0.818. The van der Waals surface area contributed by atoms with Crippen molar-refractivity contribution in [1.29, 1.82) is 0 Å². The Balaban J connectivity index is 2.11. The summed E-state index contributed by atoms with van der Waals surface area (Å²) in [6.07, 6.45) is 12.1. The number of nitrogens with two attached hydrogens (primary N) is 1. The summed E-state index contributed by atoms with van der Waals surface area (Å²) >= 11 is 0. The summed E-state index contributed by atoms with van der Waals surface area (Å²) in [7, 11) is 0. The Morgan fingerprint density at radius 1 is 1.25 bits per heavy atom. The molecule has 2 rings (SSSR count). The van der Waals surface area contributed by atoms with E-state index < -0.39 is 0 Å². The van der Waals surface area contributed by atoms with Crippen LogP contribution >= 0.6 is 0 Å². The van der Waals surface area contributed by atoms with Crippen LogP contribution in [0.25, 0.3) is 0 Å². The van der Waals surface area contributed by atoms with Gasteiger partial charge in [-0.2, -0.15) is 0 Å². The van der Waals surface area contributed by atoms with Gasteiger partial charge in [0.2, 0.25) is 0 Å². The Morgan fingerprint density at radius 2 is 2.00 bits per heavy atom. The molecule has 0 aromatic carbocycles. The summed E-state index contributed by atoms with van der Waals surface area (Å²) in [6.45, 7) is 0. The molecular formula is C11H17N. The van der Waals surface area contributed by atoms with Crippen molar-refractivity contribution in [3.63, 3.8) is 0 Å². The lowest BCUT2D eigenvalue weighted by atomic mass is 9.78. The second-order valence-electron chi connectivity index (χ2n) is 4.30. The molecule has 0 radical (unpaired) electrons. The first-order valence-electron chi connectivity index (χ1n) is 5.04. The molecule has 0 aliphatic heterocycles. The molecule has 0 unspecified atom stereocenters. The summed E-state index contributed by atoms with van der Waals surface area (Å²) < 4.78 is 0. The Labute approximate surface area is 74.7 Å². The van der Waals surface area contributed by atoms with E-state index in [0.29, 0.717) is 12.0 Å². The molecule has 2 fully saturated rings. The standard InChI is InChI=1S/C11H17N/c1-2-9-10-6-4-3-5-8(10)7-11(9)12/h1,8-11H,3-7,12H2/t8-,9-,10+,11+/m1/s1. The van der Waals surface area contributed by atoms with Gasteiger partial charge in [-0.25, -0.2) is 0 Å². The van der Waals surface area contributed by atoms with Crippen LogP contribution in [0.5, 0.6) is 0 Å². The molecule has 4 atom stereocenters. The average molecular weight is 163 g/mol. The maximum Gasteiger partial charge on any atom is 0.0382 e. The van der Waals surface area contributed by atoms with Crippen LogP contribution in [0.2, 0.25) is 0 Å². The van der Waals surface area contributed by atoms with E-state index in [1.54, 1.807) is 0 Å². The zero-order valence-corrected chi connectivity index (χ0v) is 7.50. The van der Waals surface area contributed by atoms with Gasteiger partial charge in [0.15, 0.2) is 0 Å². The highest BCUT2D eigenvalue weighted by Crippen LogP contribution is 2.44. The number of terminal acetylenes is 1. The lowest BCUT2D eigenvalue weighted by Gasteiger charge is -2.26. The zero-order chi connectivity index (χ0) is 8.55. The van der Waals surface area contributed by atoms with Crippen LogP contribution in [0.3, 0.4) is 0 Å². The van der Waals surface area contributed by atoms with Crippen LogP contribution in [0.1, 0.15) is 32.1 Å². The van der Waals surface area contributed by atoms with Gasteiger partial charge in [-0.15, -0.1) is 12.3 Å². The largest absolute Gasteiger partial charge is 0.327 e. The Kier molecular flexibility index (Phi) is 2.11. The van der Waals surface area contributed by atoms with Gasteiger partial charge in [0, 0.05) is 12.0 Å². The normalized spacial score (nSPS) is 46.7. The molecule has 0 spiro atoms. The van der Waals surface area contributed by atoms with Gasteiger partial charge in [0.25, 0.3) is 0 Å². The van der Waals surface area contributed by atoms with Crippen molar-refractivity contribution in [1.82, 2.24) is 0 Å². The van der Waals surface area contributed by atoms with Crippen molar-refractivity contribution in [2.24, 2.45) is 23.5 Å². The van der Waals surface area contributed by atoms with Crippen molar-refractivity contribution in [2.45, 2.75) is 38.1 Å². The van der Waals surface area contributed by atoms with Crippen LogP contribution in [-0.4, -0.2) is 6.04 Å². The molecule has 0 bridgehead atoms. The lowest BCUT2D eigenvalue weighted by molar-refractivity contribution is 0.253. The Bertz CT molecular complexity index is 204. The quantitative estimate of drug-likeness (QED) is 0.541. The van der Waals surface area contributed by atoms with Gasteiger partial charge >= 0.3 is 0 Å². The van der Waals surface area contributed by atoms with E-state index in [1.807, 2.05) is 0 Å². The molecule has 1 nitrogen and oxygen atoms in total. The third-order valence-electron chi connectivity index (χ3n) is 3.66. The van der Waals surface area contributed by atoms with Crippen molar-refractivity contribution < 1.29 is 0 Å². The fourth-order valence-corrected chi connectivity index (χ4v) is 3.06.